The van der Waals surface area contributed by atoms with Gasteiger partial charge in [0.15, 0.2) is 15.0 Å². The number of hydrogen-bond donors (Lipinski definition) is 0. The molecule has 1 aromatic heterocycles. The lowest BCUT2D eigenvalue weighted by molar-refractivity contribution is -0.118. The first-order valence-corrected chi connectivity index (χ1v) is 15.1. The summed E-state index contributed by atoms with van der Waals surface area (Å²) >= 11 is 13.6. The molecule has 0 saturated carbocycles. The Morgan fingerprint density at radius 3 is 2.56 bits per heavy atom. The van der Waals surface area contributed by atoms with Crippen LogP contribution < -0.4 is 4.90 Å². The highest BCUT2D eigenvalue weighted by Crippen LogP contribution is 2.34. The van der Waals surface area contributed by atoms with Gasteiger partial charge in [0.2, 0.25) is 5.91 Å². The summed E-state index contributed by atoms with van der Waals surface area (Å²) in [5.74, 6) is -0.248. The fourth-order valence-corrected chi connectivity index (χ4v) is 6.77. The van der Waals surface area contributed by atoms with Gasteiger partial charge in [-0.05, 0) is 61.7 Å². The molecule has 0 bridgehead atoms. The number of sulfone groups is 1. The van der Waals surface area contributed by atoms with Gasteiger partial charge in [-0.2, -0.15) is 0 Å². The Bertz CT molecular complexity index is 1310. The summed E-state index contributed by atoms with van der Waals surface area (Å²) in [5, 5.41) is 1.73. The first kappa shape index (κ1) is 27.3. The van der Waals surface area contributed by atoms with Crippen LogP contribution in [0.5, 0.6) is 0 Å². The molecule has 0 N–H and O–H groups in total. The van der Waals surface area contributed by atoms with Crippen molar-refractivity contribution in [2.45, 2.75) is 31.1 Å². The van der Waals surface area contributed by atoms with E-state index in [9.17, 15) is 13.2 Å². The number of benzene rings is 2. The molecular formula is C25H29Cl2N3O4S2. The van der Waals surface area contributed by atoms with Crippen LogP contribution in [0, 0.1) is 6.92 Å². The van der Waals surface area contributed by atoms with Gasteiger partial charge in [-0.15, -0.1) is 0 Å². The van der Waals surface area contributed by atoms with E-state index in [1.807, 2.05) is 19.1 Å². The van der Waals surface area contributed by atoms with Crippen LogP contribution in [0.25, 0.3) is 10.2 Å². The van der Waals surface area contributed by atoms with Crippen molar-refractivity contribution < 1.29 is 17.9 Å². The molecule has 4 rings (SSSR count). The van der Waals surface area contributed by atoms with Crippen molar-refractivity contribution in [3.63, 3.8) is 0 Å². The van der Waals surface area contributed by atoms with E-state index in [-0.39, 0.29) is 29.4 Å². The van der Waals surface area contributed by atoms with Gasteiger partial charge in [-0.1, -0.05) is 34.5 Å². The van der Waals surface area contributed by atoms with Crippen molar-refractivity contribution in [3.05, 3.63) is 52.0 Å². The van der Waals surface area contributed by atoms with Crippen LogP contribution >= 0.6 is 34.5 Å². The summed E-state index contributed by atoms with van der Waals surface area (Å²) in [7, 11) is -3.50. The molecule has 11 heteroatoms. The fourth-order valence-electron chi connectivity index (χ4n) is 4.12. The zero-order chi connectivity index (χ0) is 25.7. The number of thiazole rings is 1. The molecular weight excluding hydrogens is 541 g/mol. The number of morpholine rings is 1. The van der Waals surface area contributed by atoms with Crippen LogP contribution in [0.15, 0.2) is 41.3 Å². The lowest BCUT2D eigenvalue weighted by atomic mass is 10.2. The van der Waals surface area contributed by atoms with Crippen molar-refractivity contribution in [2.24, 2.45) is 0 Å². The molecule has 0 atom stereocenters. The Morgan fingerprint density at radius 1 is 1.11 bits per heavy atom. The van der Waals surface area contributed by atoms with Crippen molar-refractivity contribution in [1.29, 1.82) is 0 Å². The zero-order valence-corrected chi connectivity index (χ0v) is 23.2. The van der Waals surface area contributed by atoms with Crippen LogP contribution in [0.3, 0.4) is 0 Å². The van der Waals surface area contributed by atoms with Crippen LogP contribution in [-0.4, -0.2) is 69.4 Å². The Hall–Kier alpha value is -1.75. The minimum atomic E-state index is -3.50. The third-order valence-corrected chi connectivity index (χ3v) is 9.73. The smallest absolute Gasteiger partial charge is 0.228 e. The third kappa shape index (κ3) is 6.76. The van der Waals surface area contributed by atoms with Crippen molar-refractivity contribution in [2.75, 3.05) is 50.0 Å². The first-order valence-electron chi connectivity index (χ1n) is 11.9. The van der Waals surface area contributed by atoms with Crippen LogP contribution in [0.1, 0.15) is 24.8 Å². The Kier molecular flexibility index (Phi) is 9.24. The number of halogens is 2. The van der Waals surface area contributed by atoms with Gasteiger partial charge in [-0.25, -0.2) is 13.4 Å². The predicted octanol–water partition coefficient (Wildman–Crippen LogP) is 5.22. The van der Waals surface area contributed by atoms with Gasteiger partial charge in [0.25, 0.3) is 0 Å². The number of rotatable bonds is 10. The minimum Gasteiger partial charge on any atom is -0.379 e. The van der Waals surface area contributed by atoms with Gasteiger partial charge in [0.1, 0.15) is 0 Å². The second-order valence-electron chi connectivity index (χ2n) is 8.74. The normalized spacial score (nSPS) is 14.9. The maximum absolute atomic E-state index is 13.3. The van der Waals surface area contributed by atoms with E-state index >= 15 is 0 Å². The molecule has 0 aliphatic carbocycles. The summed E-state index contributed by atoms with van der Waals surface area (Å²) in [5.41, 5.74) is 1.67. The maximum Gasteiger partial charge on any atom is 0.228 e. The highest BCUT2D eigenvalue weighted by atomic mass is 35.5. The van der Waals surface area contributed by atoms with Crippen LogP contribution in [0.2, 0.25) is 10.0 Å². The number of fused-ring (bicyclic) bond motifs is 1. The van der Waals surface area contributed by atoms with E-state index < -0.39 is 9.84 Å². The maximum atomic E-state index is 13.3. The minimum absolute atomic E-state index is 0.111. The summed E-state index contributed by atoms with van der Waals surface area (Å²) in [6.45, 7) is 6.50. The molecule has 1 aliphatic heterocycles. The Morgan fingerprint density at radius 2 is 1.83 bits per heavy atom. The van der Waals surface area contributed by atoms with E-state index in [4.69, 9.17) is 32.9 Å². The molecule has 36 heavy (non-hydrogen) atoms. The van der Waals surface area contributed by atoms with Gasteiger partial charge < -0.3 is 4.74 Å². The second-order valence-corrected chi connectivity index (χ2v) is 12.7. The lowest BCUT2D eigenvalue weighted by Gasteiger charge is -2.27. The quantitative estimate of drug-likeness (QED) is 0.333. The zero-order valence-electron chi connectivity index (χ0n) is 20.1. The van der Waals surface area contributed by atoms with E-state index in [0.29, 0.717) is 21.7 Å². The number of amides is 1. The number of anilines is 1. The third-order valence-electron chi connectivity index (χ3n) is 6.20. The Balaban J connectivity index is 1.45. The molecule has 0 radical (unpaired) electrons. The van der Waals surface area contributed by atoms with Gasteiger partial charge >= 0.3 is 0 Å². The summed E-state index contributed by atoms with van der Waals surface area (Å²) in [6, 6.07) is 9.85. The molecule has 0 spiro atoms. The van der Waals surface area contributed by atoms with Crippen molar-refractivity contribution >= 4 is 65.6 Å². The summed E-state index contributed by atoms with van der Waals surface area (Å²) in [4.78, 5) is 22.3. The summed E-state index contributed by atoms with van der Waals surface area (Å²) in [6.07, 6.45) is 1.12. The number of carbonyl (C=O) groups is 1. The van der Waals surface area contributed by atoms with Gasteiger partial charge in [-0.3, -0.25) is 14.6 Å². The molecule has 1 fully saturated rings. The molecule has 3 aromatic rings. The molecule has 1 saturated heterocycles. The number of carbonyl (C=O) groups excluding carboxylic acids is 1. The molecule has 1 amide bonds. The number of hydrogen-bond acceptors (Lipinski definition) is 7. The topological polar surface area (TPSA) is 79.8 Å². The monoisotopic (exact) mass is 569 g/mol. The van der Waals surface area contributed by atoms with Crippen LogP contribution in [0.4, 0.5) is 5.13 Å². The number of aromatic nitrogens is 1. The molecule has 2 aromatic carbocycles. The molecule has 0 unspecified atom stereocenters. The highest BCUT2D eigenvalue weighted by molar-refractivity contribution is 7.91. The molecule has 194 valence electrons. The standard InChI is InChI=1S/C25H29Cl2N3O4S2/c1-18-21(27)9-10-22-24(18)28-25(35-22)30(12-3-11-29-13-15-34-16-14-29)23(31)4-2-17-36(32,33)20-7-5-19(26)6-8-20/h5-10H,2-4,11-17H2,1H3. The van der Waals surface area contributed by atoms with Gasteiger partial charge in [0.05, 0.1) is 34.1 Å². The van der Waals surface area contributed by atoms with Crippen molar-refractivity contribution in [1.82, 2.24) is 9.88 Å². The van der Waals surface area contributed by atoms with Gasteiger partial charge in [0, 0.05) is 42.6 Å². The largest absolute Gasteiger partial charge is 0.379 e. The van der Waals surface area contributed by atoms with E-state index in [1.165, 1.54) is 23.5 Å². The average Bonchev–Trinajstić information content (AvgIpc) is 3.29. The highest BCUT2D eigenvalue weighted by Gasteiger charge is 2.22. The van der Waals surface area contributed by atoms with E-state index in [1.54, 1.807) is 17.0 Å². The molecule has 2 heterocycles. The average molecular weight is 571 g/mol. The Labute approximate surface area is 225 Å². The number of ether oxygens (including phenoxy) is 1. The number of aryl methyl sites for hydroxylation is 1. The predicted molar refractivity (Wildman–Crippen MR) is 146 cm³/mol. The van der Waals surface area contributed by atoms with E-state index in [2.05, 4.69) is 4.90 Å². The second kappa shape index (κ2) is 12.2. The molecule has 7 nitrogen and oxygen atoms in total. The number of nitrogens with zero attached hydrogens (tertiary/aromatic N) is 3. The fraction of sp³-hybridized carbons (Fsp3) is 0.440. The van der Waals surface area contributed by atoms with Crippen LogP contribution in [-0.2, 0) is 19.4 Å². The molecule has 1 aliphatic rings. The SMILES string of the molecule is Cc1c(Cl)ccc2sc(N(CCCN3CCOCC3)C(=O)CCCS(=O)(=O)c3ccc(Cl)cc3)nc12. The lowest BCUT2D eigenvalue weighted by Crippen LogP contribution is -2.39. The summed E-state index contributed by atoms with van der Waals surface area (Å²) < 4.78 is 31.8. The van der Waals surface area contributed by atoms with E-state index in [0.717, 1.165) is 55.0 Å². The van der Waals surface area contributed by atoms with Crippen molar-refractivity contribution in [3.8, 4) is 0 Å². The first-order chi connectivity index (χ1) is 17.2.